The van der Waals surface area contributed by atoms with Crippen LogP contribution in [0, 0.1) is 0 Å². The highest BCUT2D eigenvalue weighted by Gasteiger charge is 2.30. The van der Waals surface area contributed by atoms with Crippen molar-refractivity contribution < 1.29 is 15.3 Å². The highest BCUT2D eigenvalue weighted by atomic mass is 16.3. The highest BCUT2D eigenvalue weighted by Crippen LogP contribution is 2.21. The fourth-order valence-electron chi connectivity index (χ4n) is 1.82. The van der Waals surface area contributed by atoms with Crippen molar-refractivity contribution in [2.45, 2.75) is 25.2 Å². The smallest absolute Gasteiger partial charge is 0.129 e. The van der Waals surface area contributed by atoms with Crippen molar-refractivity contribution in [1.82, 2.24) is 4.98 Å². The summed E-state index contributed by atoms with van der Waals surface area (Å²) in [6.45, 7) is 2.43. The Morgan fingerprint density at radius 3 is 2.56 bits per heavy atom. The second-order valence-corrected chi connectivity index (χ2v) is 4.16. The molecular weight excluding hydrogens is 208 g/mol. The second-order valence-electron chi connectivity index (χ2n) is 4.16. The van der Waals surface area contributed by atoms with Gasteiger partial charge in [-0.15, -0.1) is 0 Å². The van der Waals surface area contributed by atoms with Crippen LogP contribution in [-0.2, 0) is 0 Å². The Morgan fingerprint density at radius 2 is 2.00 bits per heavy atom. The van der Waals surface area contributed by atoms with Gasteiger partial charge in [-0.3, -0.25) is 0 Å². The Balaban J connectivity index is 2.18. The zero-order valence-electron chi connectivity index (χ0n) is 9.11. The number of anilines is 1. The van der Waals surface area contributed by atoms with E-state index in [0.29, 0.717) is 18.9 Å². The summed E-state index contributed by atoms with van der Waals surface area (Å²) in [6.07, 6.45) is -0.373. The van der Waals surface area contributed by atoms with E-state index in [2.05, 4.69) is 4.98 Å². The zero-order chi connectivity index (χ0) is 11.7. The lowest BCUT2D eigenvalue weighted by Gasteiger charge is -2.17. The van der Waals surface area contributed by atoms with Gasteiger partial charge in [0.1, 0.15) is 5.82 Å². The van der Waals surface area contributed by atoms with E-state index < -0.39 is 18.3 Å². The summed E-state index contributed by atoms with van der Waals surface area (Å²) in [5.74, 6) is 0.675. The average Bonchev–Trinajstić information content (AvgIpc) is 2.59. The van der Waals surface area contributed by atoms with Crippen LogP contribution in [0.3, 0.4) is 0 Å². The van der Waals surface area contributed by atoms with Gasteiger partial charge in [-0.2, -0.15) is 0 Å². The van der Waals surface area contributed by atoms with Gasteiger partial charge in [0.05, 0.1) is 18.3 Å². The Hall–Kier alpha value is -1.17. The maximum absolute atomic E-state index is 9.45. The minimum atomic E-state index is -0.725. The quantitative estimate of drug-likeness (QED) is 0.641. The first-order valence-electron chi connectivity index (χ1n) is 5.33. The van der Waals surface area contributed by atoms with E-state index in [4.69, 9.17) is 0 Å². The topological polar surface area (TPSA) is 76.8 Å². The van der Waals surface area contributed by atoms with E-state index in [9.17, 15) is 15.3 Å². The van der Waals surface area contributed by atoms with E-state index in [-0.39, 0.29) is 0 Å². The van der Waals surface area contributed by atoms with Gasteiger partial charge in [0.2, 0.25) is 0 Å². The number of hydrogen-bond donors (Lipinski definition) is 3. The van der Waals surface area contributed by atoms with Crippen LogP contribution in [0.4, 0.5) is 5.82 Å². The number of hydrogen-bond acceptors (Lipinski definition) is 5. The van der Waals surface area contributed by atoms with Gasteiger partial charge in [-0.25, -0.2) is 4.98 Å². The van der Waals surface area contributed by atoms with Gasteiger partial charge in [0, 0.05) is 19.3 Å². The largest absolute Gasteiger partial charge is 0.389 e. The molecule has 1 aromatic heterocycles. The fraction of sp³-hybridized carbons (Fsp3) is 0.545. The molecule has 3 atom stereocenters. The molecule has 1 aliphatic heterocycles. The van der Waals surface area contributed by atoms with E-state index in [1.807, 2.05) is 0 Å². The van der Waals surface area contributed by atoms with Crippen LogP contribution in [-0.4, -0.2) is 45.6 Å². The first kappa shape index (κ1) is 11.3. The van der Waals surface area contributed by atoms with Gasteiger partial charge in [0.15, 0.2) is 0 Å². The summed E-state index contributed by atoms with van der Waals surface area (Å²) in [5, 5.41) is 28.3. The molecule has 2 heterocycles. The van der Waals surface area contributed by atoms with Gasteiger partial charge in [-0.1, -0.05) is 0 Å². The molecule has 0 bridgehead atoms. The molecule has 88 valence electrons. The lowest BCUT2D eigenvalue weighted by molar-refractivity contribution is 0.0572. The third kappa shape index (κ3) is 2.16. The van der Waals surface area contributed by atoms with E-state index in [1.165, 1.54) is 0 Å². The number of pyridine rings is 1. The van der Waals surface area contributed by atoms with Crippen LogP contribution in [0.2, 0.25) is 0 Å². The van der Waals surface area contributed by atoms with Gasteiger partial charge in [0.25, 0.3) is 0 Å². The zero-order valence-corrected chi connectivity index (χ0v) is 9.11. The second kappa shape index (κ2) is 4.37. The summed E-state index contributed by atoms with van der Waals surface area (Å²) < 4.78 is 0. The van der Waals surface area contributed by atoms with Crippen molar-refractivity contribution >= 4 is 5.82 Å². The summed E-state index contributed by atoms with van der Waals surface area (Å²) in [5.41, 5.74) is 0.779. The molecule has 1 fully saturated rings. The molecule has 1 aliphatic rings. The predicted molar refractivity (Wildman–Crippen MR) is 59.1 cm³/mol. The lowest BCUT2D eigenvalue weighted by atomic mass is 10.2. The standard InChI is InChI=1S/C11H16N2O3/c1-7(14)8-2-3-12-11(4-8)13-5-9(15)10(16)6-13/h2-4,7,9-10,14-16H,5-6H2,1H3. The predicted octanol–water partition coefficient (Wildman–Crippen LogP) is -0.323. The number of aliphatic hydroxyl groups excluding tert-OH is 3. The minimum Gasteiger partial charge on any atom is -0.389 e. The number of β-amino-alcohol motifs (C(OH)–C–C–N with tert-alkyl or cyclic N) is 2. The van der Waals surface area contributed by atoms with Crippen LogP contribution >= 0.6 is 0 Å². The number of nitrogens with zero attached hydrogens (tertiary/aromatic N) is 2. The van der Waals surface area contributed by atoms with Crippen molar-refractivity contribution in [1.29, 1.82) is 0 Å². The van der Waals surface area contributed by atoms with Crippen LogP contribution < -0.4 is 4.90 Å². The normalized spacial score (nSPS) is 27.1. The first-order chi connectivity index (χ1) is 7.58. The molecule has 1 aromatic rings. The summed E-state index contributed by atoms with van der Waals surface area (Å²) in [4.78, 5) is 5.97. The molecule has 0 saturated carbocycles. The minimum absolute atomic E-state index is 0.372. The highest BCUT2D eigenvalue weighted by molar-refractivity contribution is 5.43. The Labute approximate surface area is 94.0 Å². The summed E-state index contributed by atoms with van der Waals surface area (Å²) >= 11 is 0. The molecule has 0 radical (unpaired) electrons. The molecule has 0 amide bonds. The Kier molecular flexibility index (Phi) is 3.09. The number of aliphatic hydroxyl groups is 3. The van der Waals surface area contributed by atoms with Crippen molar-refractivity contribution in [2.24, 2.45) is 0 Å². The van der Waals surface area contributed by atoms with Gasteiger partial charge >= 0.3 is 0 Å². The van der Waals surface area contributed by atoms with Crippen molar-refractivity contribution in [3.63, 3.8) is 0 Å². The van der Waals surface area contributed by atoms with Crippen molar-refractivity contribution in [2.75, 3.05) is 18.0 Å². The van der Waals surface area contributed by atoms with E-state index in [1.54, 1.807) is 30.2 Å². The van der Waals surface area contributed by atoms with Crippen LogP contribution in [0.15, 0.2) is 18.3 Å². The molecule has 2 rings (SSSR count). The van der Waals surface area contributed by atoms with Crippen molar-refractivity contribution in [3.05, 3.63) is 23.9 Å². The van der Waals surface area contributed by atoms with Crippen LogP contribution in [0.1, 0.15) is 18.6 Å². The SMILES string of the molecule is CC(O)c1ccnc(N2CC(O)C(O)C2)c1. The van der Waals surface area contributed by atoms with Gasteiger partial charge in [-0.05, 0) is 24.6 Å². The first-order valence-corrected chi connectivity index (χ1v) is 5.33. The Bertz CT molecular complexity index is 360. The molecule has 3 unspecified atom stereocenters. The molecule has 0 spiro atoms. The van der Waals surface area contributed by atoms with Crippen LogP contribution in [0.25, 0.3) is 0 Å². The number of aromatic nitrogens is 1. The molecular formula is C11H16N2O3. The molecule has 5 nitrogen and oxygen atoms in total. The number of rotatable bonds is 2. The summed E-state index contributed by atoms with van der Waals surface area (Å²) in [6, 6.07) is 3.52. The molecule has 3 N–H and O–H groups in total. The van der Waals surface area contributed by atoms with Crippen LogP contribution in [0.5, 0.6) is 0 Å². The molecule has 16 heavy (non-hydrogen) atoms. The molecule has 0 aromatic carbocycles. The van der Waals surface area contributed by atoms with E-state index in [0.717, 1.165) is 5.56 Å². The monoisotopic (exact) mass is 224 g/mol. The fourth-order valence-corrected chi connectivity index (χ4v) is 1.82. The molecule has 0 aliphatic carbocycles. The van der Waals surface area contributed by atoms with Gasteiger partial charge < -0.3 is 20.2 Å². The van der Waals surface area contributed by atoms with E-state index >= 15 is 0 Å². The third-order valence-corrected chi connectivity index (χ3v) is 2.84. The van der Waals surface area contributed by atoms with Crippen molar-refractivity contribution in [3.8, 4) is 0 Å². The molecule has 5 heteroatoms. The maximum Gasteiger partial charge on any atom is 0.129 e. The summed E-state index contributed by atoms with van der Waals surface area (Å²) in [7, 11) is 0. The maximum atomic E-state index is 9.45. The lowest BCUT2D eigenvalue weighted by Crippen LogP contribution is -2.22. The third-order valence-electron chi connectivity index (χ3n) is 2.84. The Morgan fingerprint density at radius 1 is 1.38 bits per heavy atom. The average molecular weight is 224 g/mol. The molecule has 1 saturated heterocycles.